The smallest absolute Gasteiger partial charge is 0.462 e. The highest BCUT2D eigenvalue weighted by molar-refractivity contribution is 7.61. The molecule has 1 aliphatic heterocycles. The Kier molecular flexibility index (Phi) is 32.4. The van der Waals surface area contributed by atoms with Gasteiger partial charge in [-0.25, -0.2) is 13.9 Å². The number of nitrogens with two attached hydrogens (primary N) is 1. The van der Waals surface area contributed by atoms with Crippen LogP contribution in [-0.4, -0.2) is 96.9 Å². The van der Waals surface area contributed by atoms with Crippen molar-refractivity contribution >= 4 is 33.4 Å². The highest BCUT2D eigenvalue weighted by Crippen LogP contribution is 2.60. The molecule has 8 atom stereocenters. The van der Waals surface area contributed by atoms with E-state index < -0.39 is 83.7 Å². The van der Waals surface area contributed by atoms with Gasteiger partial charge in [0.2, 0.25) is 0 Å². The van der Waals surface area contributed by atoms with Crippen molar-refractivity contribution in [2.24, 2.45) is 0 Å². The number of anilines is 1. The maximum Gasteiger partial charge on any atom is 0.481 e. The molecule has 7 N–H and O–H groups in total. The number of nitrogens with zero attached hydrogens (tertiary/aromatic N) is 2. The summed E-state index contributed by atoms with van der Waals surface area (Å²) in [7, 11) is -10.9. The van der Waals surface area contributed by atoms with Crippen molar-refractivity contribution in [3.8, 4) is 0 Å². The number of aliphatic hydroxyl groups excluding tert-OH is 3. The molecule has 0 bridgehead atoms. The number of ether oxygens (including phenoxy) is 3. The lowest BCUT2D eigenvalue weighted by Crippen LogP contribution is -2.36. The first kappa shape index (κ1) is 61.5. The van der Waals surface area contributed by atoms with E-state index in [-0.39, 0.29) is 24.8 Å². The number of carbonyl (C=O) groups is 2. The summed E-state index contributed by atoms with van der Waals surface area (Å²) in [4.78, 5) is 61.8. The summed E-state index contributed by atoms with van der Waals surface area (Å²) in [6, 6.07) is 1.24. The highest BCUT2D eigenvalue weighted by Gasteiger charge is 2.46. The van der Waals surface area contributed by atoms with E-state index in [9.17, 15) is 48.6 Å². The van der Waals surface area contributed by atoms with Crippen LogP contribution in [0.3, 0.4) is 0 Å². The predicted molar refractivity (Wildman–Crippen MR) is 262 cm³/mol. The molecule has 2 rings (SSSR count). The Morgan fingerprint density at radius 1 is 0.754 bits per heavy atom. The molecule has 0 spiro atoms. The topological polar surface area (TPSA) is 286 Å². The monoisotopic (exact) mass is 1020 g/mol. The van der Waals surface area contributed by atoms with Crippen molar-refractivity contribution in [1.29, 1.82) is 0 Å². The van der Waals surface area contributed by atoms with Gasteiger partial charge in [0.1, 0.15) is 30.7 Å². The van der Waals surface area contributed by atoms with Crippen LogP contribution in [0.5, 0.6) is 0 Å². The number of allylic oxidation sites excluding steroid dienone is 9. The van der Waals surface area contributed by atoms with E-state index in [4.69, 9.17) is 29.0 Å². The minimum Gasteiger partial charge on any atom is -0.462 e. The van der Waals surface area contributed by atoms with Crippen LogP contribution >= 0.6 is 15.6 Å². The van der Waals surface area contributed by atoms with Gasteiger partial charge in [-0.15, -0.1) is 0 Å². The van der Waals surface area contributed by atoms with Gasteiger partial charge in [0.25, 0.3) is 0 Å². The van der Waals surface area contributed by atoms with Gasteiger partial charge >= 0.3 is 33.3 Å². The molecule has 1 saturated heterocycles. The molecular formula is C48H79N3O16P2. The van der Waals surface area contributed by atoms with Crippen LogP contribution in [0.2, 0.25) is 0 Å². The van der Waals surface area contributed by atoms with Crippen LogP contribution < -0.4 is 11.4 Å². The quantitative estimate of drug-likeness (QED) is 0.0156. The third-order valence-corrected chi connectivity index (χ3v) is 13.2. The van der Waals surface area contributed by atoms with Gasteiger partial charge in [-0.3, -0.25) is 23.2 Å². The lowest BCUT2D eigenvalue weighted by atomic mass is 10.1. The van der Waals surface area contributed by atoms with Crippen LogP contribution in [0.15, 0.2) is 77.8 Å². The molecule has 0 aromatic carbocycles. The van der Waals surface area contributed by atoms with Crippen molar-refractivity contribution in [1.82, 2.24) is 9.55 Å². The van der Waals surface area contributed by atoms with Gasteiger partial charge in [-0.1, -0.05) is 126 Å². The van der Waals surface area contributed by atoms with Gasteiger partial charge in [0.05, 0.1) is 19.3 Å². The number of carbonyl (C=O) groups excluding carboxylic acids is 2. The Morgan fingerprint density at radius 3 is 1.99 bits per heavy atom. The van der Waals surface area contributed by atoms with Crippen molar-refractivity contribution in [3.05, 3.63) is 83.5 Å². The first-order chi connectivity index (χ1) is 33.1. The zero-order valence-electron chi connectivity index (χ0n) is 40.5. The SMILES string of the molecule is CCCCCC/C=C\CCCCCCCC(=O)O[C@H](COC(=O)CCC/C=C\C/C=C\C/C=C\C/C=C\[C@@H](O)CCCC)COP(=O)(O)OP(=O)(O)OC[C@H]1O[C@@H](n2ccc(N)nc2=O)[C@H](O)[C@@H]1O. The largest absolute Gasteiger partial charge is 0.481 e. The predicted octanol–water partition coefficient (Wildman–Crippen LogP) is 8.52. The number of unbranched alkanes of at least 4 members (excludes halogenated alkanes) is 11. The zero-order chi connectivity index (χ0) is 50.8. The van der Waals surface area contributed by atoms with Crippen molar-refractivity contribution < 1.29 is 71.4 Å². The second-order valence-electron chi connectivity index (χ2n) is 16.8. The molecule has 392 valence electrons. The van der Waals surface area contributed by atoms with E-state index in [1.807, 2.05) is 36.5 Å². The molecule has 1 aromatic heterocycles. The third-order valence-electron chi connectivity index (χ3n) is 10.6. The van der Waals surface area contributed by atoms with E-state index in [1.54, 1.807) is 0 Å². The normalized spacial score (nSPS) is 20.3. The lowest BCUT2D eigenvalue weighted by molar-refractivity contribution is -0.161. The molecular weight excluding hydrogens is 936 g/mol. The summed E-state index contributed by atoms with van der Waals surface area (Å²) in [5.41, 5.74) is 4.57. The standard InChI is InChI=1S/C48H79N3O16P2/c1-3-5-7-8-9-10-11-12-17-20-23-26-29-33-44(54)65-40(36-62-43(53)32-28-25-22-19-16-14-13-15-18-21-24-27-31-39(52)30-6-4-2)37-63-68(58,59)67-69(60,61)64-38-41-45(55)46(56)47(66-41)51-35-34-42(49)50-48(51)57/h10-11,13-14,18-19,21-22,27,31,34-35,39-41,45-47,52,55-56H,3-9,12,15-17,20,23-26,28-30,32-33,36-38H2,1-2H3,(H,58,59)(H,60,61)(H2,49,50,57)/b11-10-,14-13-,21-18-,22-19-,31-27-/t39-,40+,41+,45+,46+,47+/m0/s1. The second-order valence-corrected chi connectivity index (χ2v) is 19.8. The molecule has 1 fully saturated rings. The van der Waals surface area contributed by atoms with E-state index in [0.717, 1.165) is 87.8 Å². The first-order valence-electron chi connectivity index (χ1n) is 24.4. The van der Waals surface area contributed by atoms with Gasteiger partial charge in [-0.2, -0.15) is 9.29 Å². The fraction of sp³-hybridized carbons (Fsp3) is 0.667. The average molecular weight is 1020 g/mol. The zero-order valence-corrected chi connectivity index (χ0v) is 42.2. The molecule has 0 saturated carbocycles. The molecule has 0 radical (unpaired) electrons. The Hall–Kier alpha value is -3.58. The summed E-state index contributed by atoms with van der Waals surface area (Å²) in [6.45, 7) is 1.90. The number of phosphoric acid groups is 2. The average Bonchev–Trinajstić information content (AvgIpc) is 3.58. The first-order valence-corrected chi connectivity index (χ1v) is 27.4. The van der Waals surface area contributed by atoms with E-state index in [1.165, 1.54) is 31.7 Å². The number of esters is 2. The van der Waals surface area contributed by atoms with Crippen LogP contribution in [0.4, 0.5) is 5.82 Å². The minimum atomic E-state index is -5.44. The van der Waals surface area contributed by atoms with Crippen molar-refractivity contribution in [2.75, 3.05) is 25.6 Å². The Bertz CT molecular complexity index is 1910. The fourth-order valence-electron chi connectivity index (χ4n) is 6.79. The Labute approximate surface area is 407 Å². The van der Waals surface area contributed by atoms with Crippen molar-refractivity contribution in [3.63, 3.8) is 0 Å². The maximum atomic E-state index is 12.8. The molecule has 2 unspecified atom stereocenters. The molecule has 21 heteroatoms. The Balaban J connectivity index is 1.85. The van der Waals surface area contributed by atoms with Crippen molar-refractivity contribution in [2.45, 2.75) is 185 Å². The summed E-state index contributed by atoms with van der Waals surface area (Å²) in [6.07, 6.45) is 30.8. The van der Waals surface area contributed by atoms with Crippen LogP contribution in [0, 0.1) is 0 Å². The molecule has 19 nitrogen and oxygen atoms in total. The number of aliphatic hydroxyl groups is 3. The number of rotatable bonds is 39. The van der Waals surface area contributed by atoms with Gasteiger partial charge < -0.3 is 45.1 Å². The molecule has 0 amide bonds. The van der Waals surface area contributed by atoms with Gasteiger partial charge in [-0.05, 0) is 76.7 Å². The minimum absolute atomic E-state index is 0.0179. The molecule has 2 heterocycles. The summed E-state index contributed by atoms with van der Waals surface area (Å²) < 4.78 is 56.6. The Morgan fingerprint density at radius 2 is 1.32 bits per heavy atom. The number of hydrogen-bond acceptors (Lipinski definition) is 16. The molecule has 0 aliphatic carbocycles. The fourth-order valence-corrected chi connectivity index (χ4v) is 8.90. The van der Waals surface area contributed by atoms with Gasteiger partial charge in [0.15, 0.2) is 12.3 Å². The molecule has 1 aromatic rings. The van der Waals surface area contributed by atoms with Crippen LogP contribution in [0.25, 0.3) is 0 Å². The third kappa shape index (κ3) is 29.4. The summed E-state index contributed by atoms with van der Waals surface area (Å²) in [5, 5.41) is 30.7. The molecule has 1 aliphatic rings. The van der Waals surface area contributed by atoms with Gasteiger partial charge in [0, 0.05) is 19.0 Å². The van der Waals surface area contributed by atoms with Crippen LogP contribution in [-0.2, 0) is 46.3 Å². The van der Waals surface area contributed by atoms with E-state index in [0.29, 0.717) is 19.3 Å². The van der Waals surface area contributed by atoms with Crippen LogP contribution in [0.1, 0.15) is 155 Å². The lowest BCUT2D eigenvalue weighted by Gasteiger charge is -2.21. The summed E-state index contributed by atoms with van der Waals surface area (Å²) >= 11 is 0. The molecule has 69 heavy (non-hydrogen) atoms. The summed E-state index contributed by atoms with van der Waals surface area (Å²) in [5.74, 6) is -1.40. The number of nitrogen functional groups attached to an aromatic ring is 1. The number of aromatic nitrogens is 2. The number of phosphoric ester groups is 2. The van der Waals surface area contributed by atoms with E-state index >= 15 is 0 Å². The maximum absolute atomic E-state index is 12.8. The number of hydrogen-bond donors (Lipinski definition) is 6. The van der Waals surface area contributed by atoms with E-state index in [2.05, 4.69) is 47.4 Å². The second kappa shape index (κ2) is 36.4. The highest BCUT2D eigenvalue weighted by atomic mass is 31.3.